The molecule has 0 saturated carbocycles. The minimum Gasteiger partial charge on any atom is -0.507 e. The first-order valence-corrected chi connectivity index (χ1v) is 10.6. The van der Waals surface area contributed by atoms with Crippen LogP contribution in [0.5, 0.6) is 5.75 Å². The summed E-state index contributed by atoms with van der Waals surface area (Å²) in [5, 5.41) is 19.4. The van der Waals surface area contributed by atoms with Crippen molar-refractivity contribution in [2.45, 2.75) is 0 Å². The molecule has 158 valence electrons. The molecule has 0 heterocycles. The lowest BCUT2D eigenvalue weighted by Crippen LogP contribution is -2.11. The first-order valence-electron chi connectivity index (χ1n) is 9.51. The third kappa shape index (κ3) is 4.92. The number of hydrogen-bond donors (Lipinski definition) is 2. The van der Waals surface area contributed by atoms with Gasteiger partial charge in [0.15, 0.2) is 0 Å². The summed E-state index contributed by atoms with van der Waals surface area (Å²) < 4.78 is 0.787. The number of amides is 1. The van der Waals surface area contributed by atoms with Gasteiger partial charge in [0.25, 0.3) is 5.91 Å². The Morgan fingerprint density at radius 1 is 0.844 bits per heavy atom. The predicted octanol–water partition coefficient (Wildman–Crippen LogP) is 6.26. The molecule has 0 aromatic heterocycles. The van der Waals surface area contributed by atoms with Crippen LogP contribution in [0.15, 0.2) is 95.2 Å². The van der Waals surface area contributed by atoms with E-state index in [1.807, 2.05) is 36.4 Å². The largest absolute Gasteiger partial charge is 0.507 e. The van der Waals surface area contributed by atoms with Crippen molar-refractivity contribution in [2.24, 2.45) is 10.2 Å². The topological polar surface area (TPSA) is 100 Å². The second-order valence-corrected chi connectivity index (χ2v) is 7.90. The summed E-state index contributed by atoms with van der Waals surface area (Å²) in [6.45, 7) is 0. The monoisotopic (exact) mass is 537 g/mol. The fourth-order valence-corrected chi connectivity index (χ4v) is 3.55. The van der Waals surface area contributed by atoms with Gasteiger partial charge in [-0.05, 0) is 81.9 Å². The molecule has 0 radical (unpaired) electrons. The van der Waals surface area contributed by atoms with Crippen LogP contribution in [0.1, 0.15) is 20.7 Å². The maximum atomic E-state index is 12.4. The molecule has 0 aliphatic heterocycles. The fraction of sp³-hybridized carbons (Fsp3) is 0. The number of benzene rings is 4. The molecule has 8 heteroatoms. The number of carbonyl (C=O) groups excluding carboxylic acids is 2. The highest BCUT2D eigenvalue weighted by molar-refractivity contribution is 14.1. The molecule has 0 spiro atoms. The number of rotatable bonds is 5. The van der Waals surface area contributed by atoms with Crippen molar-refractivity contribution >= 4 is 56.6 Å². The number of carbonyl (C=O) groups is 2. The Morgan fingerprint density at radius 3 is 2.22 bits per heavy atom. The number of nitrogens with zero attached hydrogens (tertiary/aromatic N) is 2. The second-order valence-electron chi connectivity index (χ2n) is 6.74. The van der Waals surface area contributed by atoms with Crippen LogP contribution in [0, 0.1) is 3.57 Å². The number of nitrogens with one attached hydrogen (secondary N) is 1. The van der Waals surface area contributed by atoms with Gasteiger partial charge in [-0.25, -0.2) is 10.3 Å². The van der Waals surface area contributed by atoms with Crippen molar-refractivity contribution < 1.29 is 19.5 Å². The highest BCUT2D eigenvalue weighted by Gasteiger charge is 2.13. The Morgan fingerprint density at radius 2 is 1.50 bits per heavy atom. The Balaban J connectivity index is 1.40. The molecule has 0 saturated heterocycles. The zero-order valence-electron chi connectivity index (χ0n) is 16.5. The van der Waals surface area contributed by atoms with Crippen LogP contribution >= 0.6 is 22.6 Å². The summed E-state index contributed by atoms with van der Waals surface area (Å²) in [6, 6.07) is 24.1. The van der Waals surface area contributed by atoms with Gasteiger partial charge < -0.3 is 9.94 Å². The van der Waals surface area contributed by atoms with E-state index in [1.165, 1.54) is 6.07 Å². The van der Waals surface area contributed by atoms with Crippen molar-refractivity contribution in [2.75, 3.05) is 5.48 Å². The molecule has 32 heavy (non-hydrogen) atoms. The van der Waals surface area contributed by atoms with E-state index in [1.54, 1.807) is 42.5 Å². The molecule has 0 fully saturated rings. The first-order chi connectivity index (χ1) is 15.5. The van der Waals surface area contributed by atoms with E-state index in [-0.39, 0.29) is 11.3 Å². The summed E-state index contributed by atoms with van der Waals surface area (Å²) in [5.74, 6) is -1.30. The number of azo groups is 1. The maximum Gasteiger partial charge on any atom is 0.363 e. The molecule has 0 aliphatic rings. The lowest BCUT2D eigenvalue weighted by molar-refractivity contribution is 0.0595. The molecule has 7 nitrogen and oxygen atoms in total. The third-order valence-corrected chi connectivity index (χ3v) is 5.51. The van der Waals surface area contributed by atoms with Gasteiger partial charge in [0.1, 0.15) is 5.75 Å². The minimum absolute atomic E-state index is 0.0770. The van der Waals surface area contributed by atoms with E-state index >= 15 is 0 Å². The number of anilines is 1. The van der Waals surface area contributed by atoms with Crippen LogP contribution in [0.25, 0.3) is 10.8 Å². The average molecular weight is 537 g/mol. The molecule has 0 bridgehead atoms. The summed E-state index contributed by atoms with van der Waals surface area (Å²) in [4.78, 5) is 29.7. The second kappa shape index (κ2) is 9.56. The molecule has 0 unspecified atom stereocenters. The maximum absolute atomic E-state index is 12.4. The zero-order valence-corrected chi connectivity index (χ0v) is 18.7. The Hall–Kier alpha value is -3.79. The van der Waals surface area contributed by atoms with Gasteiger partial charge in [0.05, 0.1) is 22.5 Å². The molecular weight excluding hydrogens is 521 g/mol. The van der Waals surface area contributed by atoms with E-state index in [4.69, 9.17) is 4.84 Å². The number of hydrogen-bond acceptors (Lipinski definition) is 6. The van der Waals surface area contributed by atoms with Crippen LogP contribution < -0.4 is 5.48 Å². The molecular formula is C24H16IN3O4. The van der Waals surface area contributed by atoms with Gasteiger partial charge in [-0.3, -0.25) is 4.79 Å². The normalized spacial score (nSPS) is 10.9. The number of phenolic OH excluding ortho intramolecular Hbond substituents is 1. The van der Waals surface area contributed by atoms with Crippen molar-refractivity contribution in [3.63, 3.8) is 0 Å². The van der Waals surface area contributed by atoms with E-state index in [9.17, 15) is 14.7 Å². The minimum atomic E-state index is -0.651. The van der Waals surface area contributed by atoms with Crippen molar-refractivity contribution in [3.05, 3.63) is 99.6 Å². The molecule has 4 rings (SSSR count). The van der Waals surface area contributed by atoms with Crippen LogP contribution in [0.3, 0.4) is 0 Å². The van der Waals surface area contributed by atoms with E-state index in [2.05, 4.69) is 38.3 Å². The molecule has 0 atom stereocenters. The fourth-order valence-electron chi connectivity index (χ4n) is 2.94. The van der Waals surface area contributed by atoms with Gasteiger partial charge in [0.2, 0.25) is 0 Å². The van der Waals surface area contributed by atoms with Crippen LogP contribution in [0.4, 0.5) is 11.4 Å². The Bertz CT molecular complexity index is 1340. The van der Waals surface area contributed by atoms with Gasteiger partial charge in [-0.15, -0.1) is 10.2 Å². The summed E-state index contributed by atoms with van der Waals surface area (Å²) in [5.41, 5.74) is 4.08. The zero-order chi connectivity index (χ0) is 22.5. The predicted molar refractivity (Wildman–Crippen MR) is 129 cm³/mol. The number of aromatic hydroxyl groups is 1. The average Bonchev–Trinajstić information content (AvgIpc) is 2.81. The highest BCUT2D eigenvalue weighted by atomic mass is 127. The summed E-state index contributed by atoms with van der Waals surface area (Å²) in [6.07, 6.45) is 0. The summed E-state index contributed by atoms with van der Waals surface area (Å²) >= 11 is 2.06. The molecule has 4 aromatic carbocycles. The Kier molecular flexibility index (Phi) is 6.41. The molecule has 4 aromatic rings. The van der Waals surface area contributed by atoms with E-state index < -0.39 is 11.9 Å². The SMILES string of the molecule is O=C(N=Nc1ccc(NOC(=O)c2ccccc2I)cc1)c1cc2ccccc2cc1O. The van der Waals surface area contributed by atoms with Gasteiger partial charge >= 0.3 is 5.97 Å². The van der Waals surface area contributed by atoms with E-state index in [0.29, 0.717) is 16.9 Å². The molecule has 0 aliphatic carbocycles. The number of fused-ring (bicyclic) bond motifs is 1. The third-order valence-electron chi connectivity index (χ3n) is 4.57. The van der Waals surface area contributed by atoms with Gasteiger partial charge in [-0.2, -0.15) is 0 Å². The lowest BCUT2D eigenvalue weighted by Gasteiger charge is -2.07. The van der Waals surface area contributed by atoms with Crippen molar-refractivity contribution in [1.29, 1.82) is 0 Å². The standard InChI is InChI=1S/C24H16IN3O4/c25-21-8-4-3-7-19(21)24(31)32-28-18-11-9-17(10-12-18)26-27-23(30)20-13-15-5-1-2-6-16(15)14-22(20)29/h1-14,28-29H. The Labute approximate surface area is 196 Å². The van der Waals surface area contributed by atoms with Gasteiger partial charge in [0, 0.05) is 3.57 Å². The smallest absolute Gasteiger partial charge is 0.363 e. The first kappa shape index (κ1) is 21.4. The van der Waals surface area contributed by atoms with Crippen LogP contribution in [-0.2, 0) is 4.84 Å². The van der Waals surface area contributed by atoms with Crippen molar-refractivity contribution in [3.8, 4) is 5.75 Å². The molecule has 2 N–H and O–H groups in total. The quantitative estimate of drug-likeness (QED) is 0.178. The highest BCUT2D eigenvalue weighted by Crippen LogP contribution is 2.26. The number of halogens is 1. The number of phenols is 1. The summed E-state index contributed by atoms with van der Waals surface area (Å²) in [7, 11) is 0. The molecule has 1 amide bonds. The van der Waals surface area contributed by atoms with Crippen molar-refractivity contribution in [1.82, 2.24) is 0 Å². The van der Waals surface area contributed by atoms with Crippen LogP contribution in [-0.4, -0.2) is 17.0 Å². The van der Waals surface area contributed by atoms with Crippen LogP contribution in [0.2, 0.25) is 0 Å². The lowest BCUT2D eigenvalue weighted by atomic mass is 10.1. The van der Waals surface area contributed by atoms with E-state index in [0.717, 1.165) is 14.3 Å². The van der Waals surface area contributed by atoms with Gasteiger partial charge in [-0.1, -0.05) is 36.4 Å².